The van der Waals surface area contributed by atoms with E-state index in [1.165, 1.54) is 308 Å². The molecule has 0 aliphatic heterocycles. The summed E-state index contributed by atoms with van der Waals surface area (Å²) >= 11 is 0. The van der Waals surface area contributed by atoms with Gasteiger partial charge in [0.2, 0.25) is 0 Å². The van der Waals surface area contributed by atoms with Gasteiger partial charge in [0, 0.05) is 25.7 Å². The molecule has 654 valence electrons. The van der Waals surface area contributed by atoms with Crippen LogP contribution in [-0.2, 0) is 65.4 Å². The van der Waals surface area contributed by atoms with E-state index in [-0.39, 0.29) is 25.7 Å². The Morgan fingerprint density at radius 3 is 0.618 bits per heavy atom. The third-order valence-corrected chi connectivity index (χ3v) is 23.4. The molecule has 0 rings (SSSR count). The van der Waals surface area contributed by atoms with Gasteiger partial charge in [-0.15, -0.1) is 0 Å². The molecule has 0 bridgehead atoms. The maximum atomic E-state index is 13.2. The summed E-state index contributed by atoms with van der Waals surface area (Å²) in [6, 6.07) is 0. The fourth-order valence-corrected chi connectivity index (χ4v) is 15.9. The highest BCUT2D eigenvalue weighted by molar-refractivity contribution is 7.47. The molecule has 0 aromatic heterocycles. The second kappa shape index (κ2) is 82.2. The maximum Gasteiger partial charge on any atom is 0.472 e. The quantitative estimate of drug-likeness (QED) is 0.0222. The monoisotopic (exact) mass is 1610 g/mol. The summed E-state index contributed by atoms with van der Waals surface area (Å²) in [4.78, 5) is 73.4. The van der Waals surface area contributed by atoms with Crippen molar-refractivity contribution in [2.24, 2.45) is 11.8 Å². The van der Waals surface area contributed by atoms with Crippen LogP contribution in [0.1, 0.15) is 491 Å². The molecule has 0 aromatic carbocycles. The van der Waals surface area contributed by atoms with Crippen molar-refractivity contribution in [3.63, 3.8) is 0 Å². The first-order valence-corrected chi connectivity index (χ1v) is 50.0. The van der Waals surface area contributed by atoms with Crippen LogP contribution in [0, 0.1) is 11.8 Å². The molecule has 0 aliphatic carbocycles. The summed E-state index contributed by atoms with van der Waals surface area (Å²) in [6.07, 6.45) is 76.5. The van der Waals surface area contributed by atoms with Crippen LogP contribution in [0.15, 0.2) is 0 Å². The second-order valence-corrected chi connectivity index (χ2v) is 36.6. The predicted octanol–water partition coefficient (Wildman–Crippen LogP) is 28.2. The number of carbonyl (C=O) groups excluding carboxylic acids is 4. The number of aliphatic hydroxyl groups is 1. The Morgan fingerprint density at radius 1 is 0.245 bits per heavy atom. The van der Waals surface area contributed by atoms with E-state index in [9.17, 15) is 43.2 Å². The molecule has 17 nitrogen and oxygen atoms in total. The van der Waals surface area contributed by atoms with E-state index in [0.717, 1.165) is 102 Å². The molecule has 19 heteroatoms. The summed E-state index contributed by atoms with van der Waals surface area (Å²) in [6.45, 7) is 9.76. The summed E-state index contributed by atoms with van der Waals surface area (Å²) in [5.41, 5.74) is 0. The molecule has 0 fully saturated rings. The van der Waals surface area contributed by atoms with Crippen molar-refractivity contribution in [2.45, 2.75) is 509 Å². The van der Waals surface area contributed by atoms with Crippen LogP contribution in [0.3, 0.4) is 0 Å². The molecule has 0 saturated heterocycles. The van der Waals surface area contributed by atoms with Crippen LogP contribution in [-0.4, -0.2) is 96.7 Å². The van der Waals surface area contributed by atoms with Crippen LogP contribution < -0.4 is 0 Å². The first kappa shape index (κ1) is 108. The van der Waals surface area contributed by atoms with E-state index in [0.29, 0.717) is 25.7 Å². The minimum Gasteiger partial charge on any atom is -0.462 e. The number of phosphoric ester groups is 2. The highest BCUT2D eigenvalue weighted by atomic mass is 31.2. The molecule has 0 saturated carbocycles. The van der Waals surface area contributed by atoms with Crippen molar-refractivity contribution >= 4 is 39.5 Å². The Bertz CT molecular complexity index is 2100. The minimum atomic E-state index is -4.97. The maximum absolute atomic E-state index is 13.2. The molecule has 3 N–H and O–H groups in total. The van der Waals surface area contributed by atoms with Crippen molar-refractivity contribution in [3.8, 4) is 0 Å². The number of ether oxygens (including phenoxy) is 4. The van der Waals surface area contributed by atoms with E-state index >= 15 is 0 Å². The van der Waals surface area contributed by atoms with Crippen molar-refractivity contribution in [3.05, 3.63) is 0 Å². The fraction of sp³-hybridized carbons (Fsp3) is 0.956. The summed E-state index contributed by atoms with van der Waals surface area (Å²) < 4.78 is 69.0. The number of rotatable bonds is 90. The van der Waals surface area contributed by atoms with Gasteiger partial charge in [-0.2, -0.15) is 0 Å². The van der Waals surface area contributed by atoms with Crippen LogP contribution in [0.25, 0.3) is 0 Å². The van der Waals surface area contributed by atoms with Gasteiger partial charge in [0.05, 0.1) is 26.4 Å². The van der Waals surface area contributed by atoms with Gasteiger partial charge in [-0.1, -0.05) is 440 Å². The molecule has 0 amide bonds. The molecule has 0 heterocycles. The molecule has 0 aliphatic rings. The molecule has 0 spiro atoms. The molecule has 110 heavy (non-hydrogen) atoms. The predicted molar refractivity (Wildman–Crippen MR) is 455 cm³/mol. The average molecular weight is 1610 g/mol. The lowest BCUT2D eigenvalue weighted by molar-refractivity contribution is -0.161. The highest BCUT2D eigenvalue weighted by Gasteiger charge is 2.31. The highest BCUT2D eigenvalue weighted by Crippen LogP contribution is 2.45. The summed E-state index contributed by atoms with van der Waals surface area (Å²) in [5.74, 6) is -0.466. The molecule has 2 unspecified atom stereocenters. The lowest BCUT2D eigenvalue weighted by Crippen LogP contribution is -2.30. The minimum absolute atomic E-state index is 0.108. The van der Waals surface area contributed by atoms with Gasteiger partial charge in [0.25, 0.3) is 0 Å². The number of esters is 4. The fourth-order valence-electron chi connectivity index (χ4n) is 14.3. The van der Waals surface area contributed by atoms with E-state index in [1.807, 2.05) is 0 Å². The van der Waals surface area contributed by atoms with Crippen molar-refractivity contribution in [1.29, 1.82) is 0 Å². The number of hydrogen-bond acceptors (Lipinski definition) is 15. The first-order valence-electron chi connectivity index (χ1n) is 47.0. The van der Waals surface area contributed by atoms with Crippen LogP contribution in [0.4, 0.5) is 0 Å². The number of carbonyl (C=O) groups is 4. The zero-order chi connectivity index (χ0) is 80.6. The third kappa shape index (κ3) is 84.0. The number of phosphoric acid groups is 2. The molecule has 0 aromatic rings. The van der Waals surface area contributed by atoms with Crippen molar-refractivity contribution in [2.75, 3.05) is 39.6 Å². The van der Waals surface area contributed by atoms with Gasteiger partial charge in [0.1, 0.15) is 19.3 Å². The van der Waals surface area contributed by atoms with E-state index in [2.05, 4.69) is 41.5 Å². The van der Waals surface area contributed by atoms with Crippen LogP contribution >= 0.6 is 15.6 Å². The number of hydrogen-bond donors (Lipinski definition) is 3. The zero-order valence-electron chi connectivity index (χ0n) is 72.6. The van der Waals surface area contributed by atoms with Gasteiger partial charge in [-0.3, -0.25) is 37.3 Å². The Hall–Kier alpha value is -1.94. The summed E-state index contributed by atoms with van der Waals surface area (Å²) in [5, 5.41) is 10.7. The third-order valence-electron chi connectivity index (χ3n) is 21.5. The Balaban J connectivity index is 5.21. The second-order valence-electron chi connectivity index (χ2n) is 33.6. The lowest BCUT2D eigenvalue weighted by Gasteiger charge is -2.21. The Morgan fingerprint density at radius 2 is 0.418 bits per heavy atom. The SMILES string of the molecule is CCCCCCCCCCCCCCCCCCCCCCC(=O)OC[C@H](COP(=O)(O)OC[C@@H](O)COP(=O)(O)OC[C@@H](COC(=O)CCCCCCCCCCCC)OC(=O)CCCCCCCCCCCCCCCCCCC(C)C)OC(=O)CCCCCCCCCCCCCCCCCCCCC(C)C. The van der Waals surface area contributed by atoms with Crippen molar-refractivity contribution in [1.82, 2.24) is 0 Å². The zero-order valence-corrected chi connectivity index (χ0v) is 74.4. The standard InChI is InChI=1S/C91H178O17P2/c1-7-9-11-13-15-17-19-20-21-22-23-24-28-34-39-44-50-56-62-68-74-89(94)102-80-87(108-91(96)75-69-63-57-51-45-40-35-29-26-25-27-32-37-42-47-53-59-65-71-83(3)4)82-106-110(99,100)104-78-85(92)77-103-109(97,98)105-81-86(79-101-88(93)73-67-61-55-49-18-16-14-12-10-8-2)107-90(95)76-70-64-58-52-46-41-36-31-30-33-38-43-48-54-60-66-72-84(5)6/h83-87,92H,7-82H2,1-6H3,(H,97,98)(H,99,100)/t85-,86+,87+/m0/s1. The summed E-state index contributed by atoms with van der Waals surface area (Å²) in [7, 11) is -9.93. The normalized spacial score (nSPS) is 13.7. The van der Waals surface area contributed by atoms with Gasteiger partial charge >= 0.3 is 39.5 Å². The van der Waals surface area contributed by atoms with Gasteiger partial charge in [0.15, 0.2) is 12.2 Å². The molecule has 0 radical (unpaired) electrons. The molecular formula is C91H178O17P2. The topological polar surface area (TPSA) is 237 Å². The van der Waals surface area contributed by atoms with E-state index < -0.39 is 97.5 Å². The number of aliphatic hydroxyl groups excluding tert-OH is 1. The first-order chi connectivity index (χ1) is 53.4. The van der Waals surface area contributed by atoms with Gasteiger partial charge in [-0.25, -0.2) is 9.13 Å². The van der Waals surface area contributed by atoms with Crippen LogP contribution in [0.5, 0.6) is 0 Å². The lowest BCUT2D eigenvalue weighted by atomic mass is 10.0. The average Bonchev–Trinajstić information content (AvgIpc) is 0.898. The Kier molecular flexibility index (Phi) is 80.7. The van der Waals surface area contributed by atoms with Gasteiger partial charge in [-0.05, 0) is 37.5 Å². The smallest absolute Gasteiger partial charge is 0.462 e. The van der Waals surface area contributed by atoms with E-state index in [1.54, 1.807) is 0 Å². The van der Waals surface area contributed by atoms with Crippen molar-refractivity contribution < 1.29 is 80.2 Å². The largest absolute Gasteiger partial charge is 0.472 e. The molecule has 5 atom stereocenters. The number of unbranched alkanes of at least 4 members (excludes halogenated alkanes) is 60. The van der Waals surface area contributed by atoms with Crippen LogP contribution in [0.2, 0.25) is 0 Å². The molecular weight excluding hydrogens is 1430 g/mol. The Labute approximate surface area is 677 Å². The van der Waals surface area contributed by atoms with Gasteiger partial charge < -0.3 is 33.8 Å². The van der Waals surface area contributed by atoms with E-state index in [4.69, 9.17) is 37.0 Å².